The van der Waals surface area contributed by atoms with E-state index < -0.39 is 0 Å². The van der Waals surface area contributed by atoms with Crippen LogP contribution in [-0.2, 0) is 0 Å². The quantitative estimate of drug-likeness (QED) is 0.723. The SMILES string of the molecule is CC(C)CCNc1c(N)c(=S)c1=O. The van der Waals surface area contributed by atoms with Gasteiger partial charge in [0.2, 0.25) is 5.43 Å². The van der Waals surface area contributed by atoms with Crippen LogP contribution < -0.4 is 16.5 Å². The summed E-state index contributed by atoms with van der Waals surface area (Å²) in [5.74, 6) is 0.622. The third-order valence-corrected chi connectivity index (χ3v) is 2.38. The lowest BCUT2D eigenvalue weighted by Crippen LogP contribution is -2.21. The molecule has 0 radical (unpaired) electrons. The van der Waals surface area contributed by atoms with Crippen molar-refractivity contribution in [2.75, 3.05) is 17.6 Å². The molecule has 0 aliphatic rings. The minimum Gasteiger partial charge on any atom is -0.396 e. The van der Waals surface area contributed by atoms with Crippen LogP contribution in [-0.4, -0.2) is 6.54 Å². The van der Waals surface area contributed by atoms with Crippen LogP contribution in [0.25, 0.3) is 0 Å². The van der Waals surface area contributed by atoms with E-state index in [1.54, 1.807) is 0 Å². The molecule has 0 atom stereocenters. The van der Waals surface area contributed by atoms with E-state index in [1.807, 2.05) is 0 Å². The van der Waals surface area contributed by atoms with Crippen LogP contribution >= 0.6 is 12.2 Å². The molecule has 72 valence electrons. The van der Waals surface area contributed by atoms with Crippen molar-refractivity contribution in [1.29, 1.82) is 0 Å². The molecule has 3 nitrogen and oxygen atoms in total. The summed E-state index contributed by atoms with van der Waals surface area (Å²) in [5, 5.41) is 3.00. The van der Waals surface area contributed by atoms with E-state index in [0.717, 1.165) is 13.0 Å². The maximum absolute atomic E-state index is 11.1. The second kappa shape index (κ2) is 3.87. The van der Waals surface area contributed by atoms with E-state index >= 15 is 0 Å². The summed E-state index contributed by atoms with van der Waals surface area (Å²) in [5.41, 5.74) is 6.37. The van der Waals surface area contributed by atoms with Crippen LogP contribution in [0.5, 0.6) is 0 Å². The van der Waals surface area contributed by atoms with Gasteiger partial charge < -0.3 is 11.1 Å². The lowest BCUT2D eigenvalue weighted by atomic mass is 10.1. The van der Waals surface area contributed by atoms with E-state index in [2.05, 4.69) is 19.2 Å². The van der Waals surface area contributed by atoms with Crippen LogP contribution in [0.15, 0.2) is 4.79 Å². The molecule has 0 heterocycles. The standard InChI is InChI=1S/C9H14N2OS/c1-5(2)3-4-11-7-6(10)9(13)8(7)12/h5,11H,3-4,10H2,1-2H3. The van der Waals surface area contributed by atoms with E-state index in [-0.39, 0.29) is 9.94 Å². The molecule has 13 heavy (non-hydrogen) atoms. The number of hydrogen-bond donors (Lipinski definition) is 2. The predicted octanol–water partition coefficient (Wildman–Crippen LogP) is 1.69. The zero-order valence-corrected chi connectivity index (χ0v) is 8.70. The first-order valence-corrected chi connectivity index (χ1v) is 4.77. The minimum absolute atomic E-state index is 0.115. The Hall–Kier alpha value is -0.900. The number of hydrogen-bond acceptors (Lipinski definition) is 4. The van der Waals surface area contributed by atoms with Gasteiger partial charge in [0.15, 0.2) is 0 Å². The van der Waals surface area contributed by atoms with Crippen molar-refractivity contribution in [2.45, 2.75) is 20.3 Å². The topological polar surface area (TPSA) is 55.1 Å². The molecule has 0 spiro atoms. The van der Waals surface area contributed by atoms with Crippen LogP contribution in [0.2, 0.25) is 0 Å². The van der Waals surface area contributed by atoms with Crippen molar-refractivity contribution in [3.63, 3.8) is 0 Å². The van der Waals surface area contributed by atoms with E-state index in [1.165, 1.54) is 0 Å². The Balaban J connectivity index is 2.48. The molecule has 0 bridgehead atoms. The van der Waals surface area contributed by atoms with Gasteiger partial charge >= 0.3 is 0 Å². The molecule has 3 N–H and O–H groups in total. The third kappa shape index (κ3) is 2.06. The molecular weight excluding hydrogens is 184 g/mol. The molecule has 0 amide bonds. The molecular formula is C9H14N2OS. The van der Waals surface area contributed by atoms with Gasteiger partial charge in [0.1, 0.15) is 10.2 Å². The molecule has 0 fully saturated rings. The van der Waals surface area contributed by atoms with Crippen LogP contribution in [0.4, 0.5) is 11.4 Å². The van der Waals surface area contributed by atoms with Crippen LogP contribution in [0.3, 0.4) is 0 Å². The van der Waals surface area contributed by atoms with Crippen molar-refractivity contribution >= 4 is 23.6 Å². The van der Waals surface area contributed by atoms with Gasteiger partial charge in [0.25, 0.3) is 0 Å². The molecule has 1 aromatic rings. The van der Waals surface area contributed by atoms with Crippen LogP contribution in [0.1, 0.15) is 20.3 Å². The average molecular weight is 198 g/mol. The van der Waals surface area contributed by atoms with Gasteiger partial charge in [-0.25, -0.2) is 0 Å². The number of nitrogen functional groups attached to an aromatic ring is 1. The summed E-state index contributed by atoms with van der Waals surface area (Å²) in [4.78, 5) is 11.1. The summed E-state index contributed by atoms with van der Waals surface area (Å²) >= 11 is 4.74. The van der Waals surface area contributed by atoms with Crippen molar-refractivity contribution in [3.8, 4) is 0 Å². The Morgan fingerprint density at radius 1 is 1.54 bits per heavy atom. The monoisotopic (exact) mass is 198 g/mol. The van der Waals surface area contributed by atoms with Crippen LogP contribution in [0, 0.1) is 10.4 Å². The van der Waals surface area contributed by atoms with Gasteiger partial charge in [0, 0.05) is 6.54 Å². The van der Waals surface area contributed by atoms with Gasteiger partial charge in [-0.2, -0.15) is 0 Å². The zero-order chi connectivity index (χ0) is 10.0. The summed E-state index contributed by atoms with van der Waals surface area (Å²) in [7, 11) is 0. The normalized spacial score (nSPS) is 11.0. The highest BCUT2D eigenvalue weighted by Gasteiger charge is 2.13. The third-order valence-electron chi connectivity index (χ3n) is 1.97. The van der Waals surface area contributed by atoms with Gasteiger partial charge in [-0.15, -0.1) is 0 Å². The Morgan fingerprint density at radius 3 is 2.62 bits per heavy atom. The second-order valence-corrected chi connectivity index (χ2v) is 3.96. The van der Waals surface area contributed by atoms with Gasteiger partial charge in [0.05, 0.1) is 5.69 Å². The maximum atomic E-state index is 11.1. The van der Waals surface area contributed by atoms with Crippen molar-refractivity contribution in [2.24, 2.45) is 5.92 Å². The smallest absolute Gasteiger partial charge is 0.223 e. The molecule has 0 unspecified atom stereocenters. The number of nitrogens with two attached hydrogens (primary N) is 1. The highest BCUT2D eigenvalue weighted by Crippen LogP contribution is 2.18. The summed E-state index contributed by atoms with van der Waals surface area (Å²) in [6, 6.07) is 0. The van der Waals surface area contributed by atoms with E-state index in [0.29, 0.717) is 17.3 Å². The maximum Gasteiger partial charge on any atom is 0.223 e. The lowest BCUT2D eigenvalue weighted by molar-refractivity contribution is 0.607. The lowest BCUT2D eigenvalue weighted by Gasteiger charge is -2.11. The molecule has 0 saturated carbocycles. The Kier molecular flexibility index (Phi) is 3.03. The van der Waals surface area contributed by atoms with Gasteiger partial charge in [-0.3, -0.25) is 4.79 Å². The largest absolute Gasteiger partial charge is 0.396 e. The number of anilines is 2. The molecule has 1 aromatic carbocycles. The summed E-state index contributed by atoms with van der Waals surface area (Å²) in [6.45, 7) is 5.04. The second-order valence-electron chi connectivity index (χ2n) is 3.56. The zero-order valence-electron chi connectivity index (χ0n) is 7.89. The fourth-order valence-electron chi connectivity index (χ4n) is 1.07. The van der Waals surface area contributed by atoms with E-state index in [9.17, 15) is 4.79 Å². The summed E-state index contributed by atoms with van der Waals surface area (Å²) in [6.07, 6.45) is 1.02. The molecule has 0 saturated heterocycles. The fraction of sp³-hybridized carbons (Fsp3) is 0.556. The van der Waals surface area contributed by atoms with Gasteiger partial charge in [-0.1, -0.05) is 26.1 Å². The Labute approximate surface area is 82.6 Å². The number of rotatable bonds is 4. The number of nitrogens with one attached hydrogen (secondary N) is 1. The Morgan fingerprint density at radius 2 is 2.15 bits per heavy atom. The molecule has 0 aliphatic heterocycles. The fourth-order valence-corrected chi connectivity index (χ4v) is 1.27. The summed E-state index contributed by atoms with van der Waals surface area (Å²) < 4.78 is 0.270. The minimum atomic E-state index is -0.115. The molecule has 0 aliphatic carbocycles. The van der Waals surface area contributed by atoms with Crippen molar-refractivity contribution < 1.29 is 0 Å². The Bertz CT molecular complexity index is 363. The highest BCUT2D eigenvalue weighted by molar-refractivity contribution is 7.71. The average Bonchev–Trinajstić information content (AvgIpc) is 2.10. The molecule has 4 heteroatoms. The molecule has 1 rings (SSSR count). The first-order valence-electron chi connectivity index (χ1n) is 4.36. The van der Waals surface area contributed by atoms with E-state index in [4.69, 9.17) is 18.0 Å². The first-order chi connectivity index (χ1) is 6.04. The molecule has 0 aromatic heterocycles. The highest BCUT2D eigenvalue weighted by atomic mass is 32.1. The van der Waals surface area contributed by atoms with Gasteiger partial charge in [-0.05, 0) is 12.3 Å². The first kappa shape index (κ1) is 10.2. The van der Waals surface area contributed by atoms with Crippen molar-refractivity contribution in [1.82, 2.24) is 0 Å². The predicted molar refractivity (Wildman–Crippen MR) is 58.3 cm³/mol. The van der Waals surface area contributed by atoms with Crippen molar-refractivity contribution in [3.05, 3.63) is 14.7 Å².